The molecule has 0 saturated heterocycles. The first-order chi connectivity index (χ1) is 15.0. The van der Waals surface area contributed by atoms with E-state index in [1.165, 1.54) is 0 Å². The molecular formula is C25H26ClNO5. The number of carbonyl (C=O) groups excluding carboxylic acids is 1. The molecule has 3 rings (SSSR count). The normalized spacial score (nSPS) is 12.6. The summed E-state index contributed by atoms with van der Waals surface area (Å²) >= 11 is 6.09. The highest BCUT2D eigenvalue weighted by molar-refractivity contribution is 6.30. The van der Waals surface area contributed by atoms with Crippen LogP contribution < -0.4 is 0 Å². The van der Waals surface area contributed by atoms with E-state index in [0.29, 0.717) is 32.6 Å². The third kappa shape index (κ3) is 5.09. The first-order valence-corrected chi connectivity index (χ1v) is 10.7. The molecular weight excluding hydrogens is 430 g/mol. The molecule has 0 radical (unpaired) electrons. The van der Waals surface area contributed by atoms with Gasteiger partial charge in [0.15, 0.2) is 6.10 Å². The van der Waals surface area contributed by atoms with E-state index >= 15 is 0 Å². The quantitative estimate of drug-likeness (QED) is 0.460. The number of carbonyl (C=O) groups is 2. The minimum absolute atomic E-state index is 0.189. The second kappa shape index (κ2) is 9.27. The largest absolute Gasteiger partial charge is 0.479 e. The van der Waals surface area contributed by atoms with Gasteiger partial charge in [0.05, 0.1) is 17.7 Å². The first-order valence-electron chi connectivity index (χ1n) is 10.3. The zero-order valence-electron chi connectivity index (χ0n) is 18.7. The van der Waals surface area contributed by atoms with Gasteiger partial charge in [-0.1, -0.05) is 23.7 Å². The van der Waals surface area contributed by atoms with E-state index in [-0.39, 0.29) is 12.3 Å². The van der Waals surface area contributed by atoms with Crippen molar-refractivity contribution in [1.29, 1.82) is 0 Å². The molecule has 0 saturated carbocycles. The van der Waals surface area contributed by atoms with Crippen LogP contribution in [0, 0.1) is 6.92 Å². The molecule has 1 atom stereocenters. The SMILES string of the molecule is CCOC(=O)c1ccc2c(-c3ccc(Cl)cc3)c([C@H](OC(C)(C)C)C(=O)O)c(C)cc2n1. The summed E-state index contributed by atoms with van der Waals surface area (Å²) in [6, 6.07) is 12.3. The molecule has 3 aromatic rings. The van der Waals surface area contributed by atoms with Gasteiger partial charge in [-0.15, -0.1) is 0 Å². The van der Waals surface area contributed by atoms with Crippen LogP contribution in [0.1, 0.15) is 55.4 Å². The van der Waals surface area contributed by atoms with Crippen LogP contribution in [0.15, 0.2) is 42.5 Å². The number of hydrogen-bond donors (Lipinski definition) is 1. The van der Waals surface area contributed by atoms with Gasteiger partial charge in [-0.05, 0) is 81.6 Å². The summed E-state index contributed by atoms with van der Waals surface area (Å²) in [7, 11) is 0. The van der Waals surface area contributed by atoms with Crippen LogP contribution in [0.4, 0.5) is 0 Å². The number of rotatable bonds is 6. The van der Waals surface area contributed by atoms with Crippen molar-refractivity contribution in [3.05, 3.63) is 64.3 Å². The molecule has 0 amide bonds. The number of carboxylic acid groups (broad SMARTS) is 1. The van der Waals surface area contributed by atoms with E-state index in [4.69, 9.17) is 21.1 Å². The van der Waals surface area contributed by atoms with Crippen LogP contribution in [-0.2, 0) is 14.3 Å². The molecule has 0 unspecified atom stereocenters. The number of aryl methyl sites for hydroxylation is 1. The van der Waals surface area contributed by atoms with Crippen molar-refractivity contribution < 1.29 is 24.2 Å². The Hall–Kier alpha value is -2.96. The number of benzene rings is 2. The molecule has 0 bridgehead atoms. The molecule has 1 aromatic heterocycles. The number of nitrogens with zero attached hydrogens (tertiary/aromatic N) is 1. The molecule has 0 aliphatic heterocycles. The average molecular weight is 456 g/mol. The van der Waals surface area contributed by atoms with Gasteiger partial charge < -0.3 is 14.6 Å². The Morgan fingerprint density at radius 3 is 2.34 bits per heavy atom. The van der Waals surface area contributed by atoms with E-state index in [2.05, 4.69) is 4.98 Å². The van der Waals surface area contributed by atoms with Crippen LogP contribution in [0.5, 0.6) is 0 Å². The third-order valence-electron chi connectivity index (χ3n) is 4.82. The van der Waals surface area contributed by atoms with Crippen molar-refractivity contribution in [3.63, 3.8) is 0 Å². The number of aliphatic carboxylic acids is 1. The molecule has 0 aliphatic carbocycles. The van der Waals surface area contributed by atoms with Gasteiger partial charge >= 0.3 is 11.9 Å². The summed E-state index contributed by atoms with van der Waals surface area (Å²) in [5, 5.41) is 11.3. The van der Waals surface area contributed by atoms with E-state index < -0.39 is 23.6 Å². The monoisotopic (exact) mass is 455 g/mol. The predicted molar refractivity (Wildman–Crippen MR) is 124 cm³/mol. The van der Waals surface area contributed by atoms with E-state index in [0.717, 1.165) is 5.56 Å². The predicted octanol–water partition coefficient (Wildman–Crippen LogP) is 5.98. The summed E-state index contributed by atoms with van der Waals surface area (Å²) in [6.45, 7) is 9.23. The molecule has 1 N–H and O–H groups in total. The molecule has 6 nitrogen and oxygen atoms in total. The average Bonchev–Trinajstić information content (AvgIpc) is 2.71. The van der Waals surface area contributed by atoms with Crippen LogP contribution in [0.25, 0.3) is 22.0 Å². The molecule has 0 aliphatic rings. The van der Waals surface area contributed by atoms with Crippen molar-refractivity contribution in [2.45, 2.75) is 46.3 Å². The Morgan fingerprint density at radius 2 is 1.78 bits per heavy atom. The molecule has 0 fully saturated rings. The highest BCUT2D eigenvalue weighted by Crippen LogP contribution is 2.40. The van der Waals surface area contributed by atoms with E-state index in [1.807, 2.05) is 39.8 Å². The lowest BCUT2D eigenvalue weighted by molar-refractivity contribution is -0.160. The topological polar surface area (TPSA) is 85.7 Å². The number of ether oxygens (including phenoxy) is 2. The summed E-state index contributed by atoms with van der Waals surface area (Å²) in [5.41, 5.74) is 2.73. The van der Waals surface area contributed by atoms with E-state index in [9.17, 15) is 14.7 Å². The summed E-state index contributed by atoms with van der Waals surface area (Å²) in [5.74, 6) is -1.60. The van der Waals surface area contributed by atoms with Crippen LogP contribution in [0.3, 0.4) is 0 Å². The van der Waals surface area contributed by atoms with Gasteiger partial charge in [0.2, 0.25) is 0 Å². The van der Waals surface area contributed by atoms with Crippen LogP contribution >= 0.6 is 11.6 Å². The lowest BCUT2D eigenvalue weighted by Gasteiger charge is -2.28. The first kappa shape index (κ1) is 23.7. The highest BCUT2D eigenvalue weighted by atomic mass is 35.5. The molecule has 7 heteroatoms. The second-order valence-electron chi connectivity index (χ2n) is 8.42. The third-order valence-corrected chi connectivity index (χ3v) is 5.07. The number of carboxylic acids is 1. The molecule has 2 aromatic carbocycles. The van der Waals surface area contributed by atoms with Crippen molar-refractivity contribution in [2.24, 2.45) is 0 Å². The minimum Gasteiger partial charge on any atom is -0.479 e. The minimum atomic E-state index is -1.20. The Morgan fingerprint density at radius 1 is 1.12 bits per heavy atom. The van der Waals surface area contributed by atoms with Gasteiger partial charge in [0.1, 0.15) is 5.69 Å². The second-order valence-corrected chi connectivity index (χ2v) is 8.86. The summed E-state index contributed by atoms with van der Waals surface area (Å²) in [4.78, 5) is 29.0. The fourth-order valence-corrected chi connectivity index (χ4v) is 3.72. The zero-order valence-corrected chi connectivity index (χ0v) is 19.5. The Kier molecular flexibility index (Phi) is 6.86. The molecule has 0 spiro atoms. The van der Waals surface area contributed by atoms with Crippen molar-refractivity contribution in [3.8, 4) is 11.1 Å². The lowest BCUT2D eigenvalue weighted by Crippen LogP contribution is -2.28. The van der Waals surface area contributed by atoms with Crippen molar-refractivity contribution in [2.75, 3.05) is 6.61 Å². The Labute approximate surface area is 192 Å². The van der Waals surface area contributed by atoms with Gasteiger partial charge in [0, 0.05) is 16.0 Å². The van der Waals surface area contributed by atoms with Crippen molar-refractivity contribution in [1.82, 2.24) is 4.98 Å². The fourth-order valence-electron chi connectivity index (χ4n) is 3.59. The smallest absolute Gasteiger partial charge is 0.356 e. The van der Waals surface area contributed by atoms with Crippen LogP contribution in [-0.4, -0.2) is 34.2 Å². The van der Waals surface area contributed by atoms with Crippen LogP contribution in [0.2, 0.25) is 5.02 Å². The number of esters is 1. The van der Waals surface area contributed by atoms with Gasteiger partial charge in [0.25, 0.3) is 0 Å². The standard InChI is InChI=1S/C25H26ClNO5/c1-6-31-24(30)18-12-11-17-19(27-18)13-14(2)20(22(23(28)29)32-25(3,4)5)21(17)15-7-9-16(26)10-8-15/h7-13,22H,6H2,1-5H3,(H,28,29)/t22-/m0/s1. The van der Waals surface area contributed by atoms with Gasteiger partial charge in [-0.2, -0.15) is 0 Å². The fraction of sp³-hybridized carbons (Fsp3) is 0.320. The van der Waals surface area contributed by atoms with Gasteiger partial charge in [-0.3, -0.25) is 0 Å². The molecule has 32 heavy (non-hydrogen) atoms. The van der Waals surface area contributed by atoms with Gasteiger partial charge in [-0.25, -0.2) is 14.6 Å². The maximum Gasteiger partial charge on any atom is 0.356 e. The number of hydrogen-bond acceptors (Lipinski definition) is 5. The maximum absolute atomic E-state index is 12.3. The molecule has 168 valence electrons. The summed E-state index contributed by atoms with van der Waals surface area (Å²) in [6.07, 6.45) is -1.20. The molecule has 1 heterocycles. The Bertz CT molecular complexity index is 1170. The number of aromatic nitrogens is 1. The van der Waals surface area contributed by atoms with E-state index in [1.54, 1.807) is 37.3 Å². The number of pyridine rings is 1. The number of halogens is 1. The Balaban J connectivity index is 2.35. The summed E-state index contributed by atoms with van der Waals surface area (Å²) < 4.78 is 11.0. The lowest BCUT2D eigenvalue weighted by atomic mass is 9.88. The number of fused-ring (bicyclic) bond motifs is 1. The maximum atomic E-state index is 12.3. The zero-order chi connectivity index (χ0) is 23.6. The van der Waals surface area contributed by atoms with Crippen molar-refractivity contribution >= 4 is 34.4 Å². The highest BCUT2D eigenvalue weighted by Gasteiger charge is 2.31.